The van der Waals surface area contributed by atoms with Crippen LogP contribution in [0.15, 0.2) is 23.1 Å². The summed E-state index contributed by atoms with van der Waals surface area (Å²) < 4.78 is 27.3. The van der Waals surface area contributed by atoms with Gasteiger partial charge in [-0.3, -0.25) is 10.1 Å². The molecule has 0 spiro atoms. The van der Waals surface area contributed by atoms with Crippen LogP contribution in [0.25, 0.3) is 0 Å². The Bertz CT molecular complexity index is 935. The fourth-order valence-electron chi connectivity index (χ4n) is 3.22. The first-order valence-electron chi connectivity index (χ1n) is 9.39. The lowest BCUT2D eigenvalue weighted by atomic mass is 10.1. The van der Waals surface area contributed by atoms with Gasteiger partial charge in [-0.25, -0.2) is 18.2 Å². The second-order valence-electron chi connectivity index (χ2n) is 7.00. The van der Waals surface area contributed by atoms with Gasteiger partial charge >= 0.3 is 0 Å². The molecule has 0 atom stereocenters. The summed E-state index contributed by atoms with van der Waals surface area (Å²) >= 11 is 0. The molecule has 3 rings (SSSR count). The number of anilines is 2. The standard InChI is InChI=1S/C18H26N6O3S/c1-13-6-7-15(14(2)12-13)28(26,27)19-9-8-16(25)20-17-21-18(23-22-17)24-10-4-3-5-11-24/h6-7,12,19H,3-5,8-11H2,1-2H3,(H2,20,21,22,23,25). The molecule has 10 heteroatoms. The molecule has 3 N–H and O–H groups in total. The van der Waals surface area contributed by atoms with E-state index in [-0.39, 0.29) is 29.7 Å². The average molecular weight is 407 g/mol. The summed E-state index contributed by atoms with van der Waals surface area (Å²) in [5.41, 5.74) is 1.66. The number of benzene rings is 1. The Hall–Kier alpha value is -2.46. The maximum atomic E-state index is 12.4. The maximum Gasteiger partial charge on any atom is 0.246 e. The first kappa shape index (κ1) is 20.3. The summed E-state index contributed by atoms with van der Waals surface area (Å²) in [5.74, 6) is 0.498. The smallest absolute Gasteiger partial charge is 0.246 e. The molecule has 0 radical (unpaired) electrons. The van der Waals surface area contributed by atoms with Crippen molar-refractivity contribution in [3.05, 3.63) is 29.3 Å². The van der Waals surface area contributed by atoms with Gasteiger partial charge in [-0.1, -0.05) is 17.7 Å². The topological polar surface area (TPSA) is 120 Å². The molecule has 9 nitrogen and oxygen atoms in total. The highest BCUT2D eigenvalue weighted by Crippen LogP contribution is 2.17. The number of hydrogen-bond donors (Lipinski definition) is 3. The molecule has 1 aromatic heterocycles. The number of sulfonamides is 1. The van der Waals surface area contributed by atoms with Crippen molar-refractivity contribution in [3.63, 3.8) is 0 Å². The lowest BCUT2D eigenvalue weighted by Gasteiger charge is -2.24. The van der Waals surface area contributed by atoms with Gasteiger partial charge in [0, 0.05) is 26.1 Å². The molecule has 0 unspecified atom stereocenters. The third-order valence-corrected chi connectivity index (χ3v) is 6.26. The monoisotopic (exact) mass is 406 g/mol. The van der Waals surface area contributed by atoms with Gasteiger partial charge in [0.2, 0.25) is 27.8 Å². The molecule has 0 bridgehead atoms. The number of aromatic amines is 1. The van der Waals surface area contributed by atoms with E-state index >= 15 is 0 Å². The minimum atomic E-state index is -3.66. The average Bonchev–Trinajstić information content (AvgIpc) is 3.10. The van der Waals surface area contributed by atoms with Crippen LogP contribution in [0, 0.1) is 13.8 Å². The van der Waals surface area contributed by atoms with Crippen LogP contribution in [-0.4, -0.2) is 49.1 Å². The Morgan fingerprint density at radius 3 is 2.68 bits per heavy atom. The first-order chi connectivity index (χ1) is 13.3. The summed E-state index contributed by atoms with van der Waals surface area (Å²) in [6.45, 7) is 5.46. The van der Waals surface area contributed by atoms with Gasteiger partial charge in [-0.05, 0) is 44.7 Å². The van der Waals surface area contributed by atoms with E-state index in [0.29, 0.717) is 11.5 Å². The zero-order valence-electron chi connectivity index (χ0n) is 16.2. The predicted octanol–water partition coefficient (Wildman–Crippen LogP) is 1.72. The van der Waals surface area contributed by atoms with Gasteiger partial charge in [0.1, 0.15) is 0 Å². The molecule has 0 saturated carbocycles. The van der Waals surface area contributed by atoms with Crippen LogP contribution < -0.4 is 14.9 Å². The highest BCUT2D eigenvalue weighted by atomic mass is 32.2. The third-order valence-electron chi connectivity index (χ3n) is 4.63. The number of nitrogens with zero attached hydrogens (tertiary/aromatic N) is 3. The Balaban J connectivity index is 1.50. The number of aryl methyl sites for hydroxylation is 2. The number of nitrogens with one attached hydrogen (secondary N) is 3. The largest absolute Gasteiger partial charge is 0.340 e. The minimum Gasteiger partial charge on any atom is -0.340 e. The highest BCUT2D eigenvalue weighted by molar-refractivity contribution is 7.89. The molecular weight excluding hydrogens is 380 g/mol. The Kier molecular flexibility index (Phi) is 6.30. The van der Waals surface area contributed by atoms with Crippen molar-refractivity contribution in [2.24, 2.45) is 0 Å². The molecule has 1 aromatic carbocycles. The zero-order chi connectivity index (χ0) is 20.1. The SMILES string of the molecule is Cc1ccc(S(=O)(=O)NCCC(=O)Nc2nc(N3CCCCC3)n[nH]2)c(C)c1. The molecule has 1 amide bonds. The van der Waals surface area contributed by atoms with Crippen molar-refractivity contribution >= 4 is 27.8 Å². The molecule has 28 heavy (non-hydrogen) atoms. The fraction of sp³-hybridized carbons (Fsp3) is 0.500. The van der Waals surface area contributed by atoms with E-state index in [2.05, 4.69) is 30.1 Å². The van der Waals surface area contributed by atoms with Crippen molar-refractivity contribution in [3.8, 4) is 0 Å². The number of carbonyl (C=O) groups is 1. The molecule has 1 fully saturated rings. The number of rotatable bonds is 7. The van der Waals surface area contributed by atoms with Gasteiger partial charge in [0.15, 0.2) is 0 Å². The van der Waals surface area contributed by atoms with Crippen LogP contribution in [0.1, 0.15) is 36.8 Å². The molecule has 1 saturated heterocycles. The zero-order valence-corrected chi connectivity index (χ0v) is 17.0. The van der Waals surface area contributed by atoms with Crippen LogP contribution in [0.5, 0.6) is 0 Å². The minimum absolute atomic E-state index is 0.00535. The van der Waals surface area contributed by atoms with Gasteiger partial charge in [-0.2, -0.15) is 4.98 Å². The summed E-state index contributed by atoms with van der Waals surface area (Å²) in [6, 6.07) is 5.13. The number of hydrogen-bond acceptors (Lipinski definition) is 6. The normalized spacial score (nSPS) is 14.9. The quantitative estimate of drug-likeness (QED) is 0.644. The van der Waals surface area contributed by atoms with Crippen LogP contribution in [-0.2, 0) is 14.8 Å². The van der Waals surface area contributed by atoms with Crippen molar-refractivity contribution in [2.75, 3.05) is 29.9 Å². The van der Waals surface area contributed by atoms with Crippen molar-refractivity contribution < 1.29 is 13.2 Å². The van der Waals surface area contributed by atoms with E-state index in [0.717, 1.165) is 31.5 Å². The van der Waals surface area contributed by atoms with Gasteiger partial charge < -0.3 is 4.90 Å². The lowest BCUT2D eigenvalue weighted by Crippen LogP contribution is -2.30. The number of aromatic nitrogens is 3. The van der Waals surface area contributed by atoms with E-state index < -0.39 is 10.0 Å². The first-order valence-corrected chi connectivity index (χ1v) is 10.9. The van der Waals surface area contributed by atoms with Gasteiger partial charge in [0.25, 0.3) is 0 Å². The lowest BCUT2D eigenvalue weighted by molar-refractivity contribution is -0.116. The van der Waals surface area contributed by atoms with E-state index in [4.69, 9.17) is 0 Å². The van der Waals surface area contributed by atoms with Crippen molar-refractivity contribution in [1.82, 2.24) is 19.9 Å². The second-order valence-corrected chi connectivity index (χ2v) is 8.73. The molecule has 0 aliphatic carbocycles. The Morgan fingerprint density at radius 1 is 1.21 bits per heavy atom. The van der Waals surface area contributed by atoms with Crippen molar-refractivity contribution in [1.29, 1.82) is 0 Å². The van der Waals surface area contributed by atoms with E-state index in [1.807, 2.05) is 13.0 Å². The van der Waals surface area contributed by atoms with E-state index in [1.165, 1.54) is 6.42 Å². The summed E-state index contributed by atoms with van der Waals surface area (Å²) in [4.78, 5) is 18.7. The Labute approximate surface area is 165 Å². The maximum absolute atomic E-state index is 12.4. The number of piperidine rings is 1. The van der Waals surface area contributed by atoms with Crippen LogP contribution in [0.4, 0.5) is 11.9 Å². The molecule has 2 aromatic rings. The van der Waals surface area contributed by atoms with Crippen LogP contribution in [0.3, 0.4) is 0 Å². The highest BCUT2D eigenvalue weighted by Gasteiger charge is 2.18. The third kappa shape index (κ3) is 5.08. The molecule has 2 heterocycles. The summed E-state index contributed by atoms with van der Waals surface area (Å²) in [6.07, 6.45) is 3.42. The molecular formula is C18H26N6O3S. The van der Waals surface area contributed by atoms with Crippen molar-refractivity contribution in [2.45, 2.75) is 44.4 Å². The molecule has 152 valence electrons. The van der Waals surface area contributed by atoms with E-state index in [9.17, 15) is 13.2 Å². The van der Waals surface area contributed by atoms with Crippen LogP contribution in [0.2, 0.25) is 0 Å². The second kappa shape index (κ2) is 8.70. The van der Waals surface area contributed by atoms with Crippen LogP contribution >= 0.6 is 0 Å². The predicted molar refractivity (Wildman–Crippen MR) is 107 cm³/mol. The summed E-state index contributed by atoms with van der Waals surface area (Å²) in [7, 11) is -3.66. The molecule has 1 aliphatic heterocycles. The number of amides is 1. The van der Waals surface area contributed by atoms with Gasteiger partial charge in [0.05, 0.1) is 4.90 Å². The van der Waals surface area contributed by atoms with E-state index in [1.54, 1.807) is 19.1 Å². The van der Waals surface area contributed by atoms with Gasteiger partial charge in [-0.15, -0.1) is 5.10 Å². The fourth-order valence-corrected chi connectivity index (χ4v) is 4.47. The molecule has 1 aliphatic rings. The Morgan fingerprint density at radius 2 is 1.96 bits per heavy atom. The summed E-state index contributed by atoms with van der Waals surface area (Å²) in [5, 5.41) is 9.46. The number of H-pyrrole nitrogens is 1. The number of carbonyl (C=O) groups excluding carboxylic acids is 1.